The Morgan fingerprint density at radius 2 is 2.37 bits per heavy atom. The maximum atomic E-state index is 12.1. The Morgan fingerprint density at radius 3 is 3.05 bits per heavy atom. The molecule has 2 aromatic rings. The van der Waals surface area contributed by atoms with Crippen molar-refractivity contribution in [3.05, 3.63) is 30.1 Å². The zero-order chi connectivity index (χ0) is 13.2. The largest absolute Gasteiger partial charge is 0.335 e. The van der Waals surface area contributed by atoms with Crippen molar-refractivity contribution in [1.29, 1.82) is 0 Å². The van der Waals surface area contributed by atoms with E-state index in [1.807, 2.05) is 17.7 Å². The Kier molecular flexibility index (Phi) is 3.12. The molecule has 0 aliphatic carbocycles. The van der Waals surface area contributed by atoms with Crippen LogP contribution in [-0.2, 0) is 13.0 Å². The van der Waals surface area contributed by atoms with Crippen molar-refractivity contribution in [2.75, 3.05) is 13.1 Å². The monoisotopic (exact) mass is 260 g/mol. The molecule has 7 nitrogen and oxygen atoms in total. The molecule has 0 atom stereocenters. The lowest BCUT2D eigenvalue weighted by atomic mass is 10.2. The molecule has 100 valence electrons. The summed E-state index contributed by atoms with van der Waals surface area (Å²) >= 11 is 0. The molecule has 0 spiro atoms. The van der Waals surface area contributed by atoms with Crippen LogP contribution in [0.5, 0.6) is 0 Å². The molecule has 1 saturated heterocycles. The van der Waals surface area contributed by atoms with Crippen LogP contribution in [0.3, 0.4) is 0 Å². The lowest BCUT2D eigenvalue weighted by Gasteiger charge is -2.26. The van der Waals surface area contributed by atoms with Gasteiger partial charge in [-0.1, -0.05) is 5.21 Å². The van der Waals surface area contributed by atoms with E-state index in [4.69, 9.17) is 0 Å². The fourth-order valence-corrected chi connectivity index (χ4v) is 2.07. The molecule has 7 heteroatoms. The van der Waals surface area contributed by atoms with Gasteiger partial charge in [0.25, 0.3) is 0 Å². The third kappa shape index (κ3) is 2.28. The first kappa shape index (κ1) is 12.0. The van der Waals surface area contributed by atoms with Crippen LogP contribution in [0.1, 0.15) is 29.3 Å². The van der Waals surface area contributed by atoms with Gasteiger partial charge in [0.05, 0.1) is 18.7 Å². The number of hydrogen-bond acceptors (Lipinski definition) is 5. The number of nitrogens with zero attached hydrogens (tertiary/aromatic N) is 5. The summed E-state index contributed by atoms with van der Waals surface area (Å²) in [5.41, 5.74) is 0.414. The summed E-state index contributed by atoms with van der Waals surface area (Å²) in [6, 6.07) is 0.326. The normalized spacial score (nSPS) is 15.4. The number of rotatable bonds is 5. The number of ketones is 1. The van der Waals surface area contributed by atoms with Crippen LogP contribution in [0.25, 0.3) is 0 Å². The zero-order valence-electron chi connectivity index (χ0n) is 10.8. The van der Waals surface area contributed by atoms with Crippen molar-refractivity contribution < 1.29 is 4.79 Å². The van der Waals surface area contributed by atoms with Crippen molar-refractivity contribution >= 4 is 5.78 Å². The van der Waals surface area contributed by atoms with Crippen LogP contribution in [-0.4, -0.2) is 43.4 Å². The molecule has 3 rings (SSSR count). The molecule has 1 fully saturated rings. The van der Waals surface area contributed by atoms with Gasteiger partial charge in [0, 0.05) is 32.0 Å². The highest BCUT2D eigenvalue weighted by molar-refractivity contribution is 5.95. The van der Waals surface area contributed by atoms with E-state index >= 15 is 0 Å². The molecule has 3 heterocycles. The van der Waals surface area contributed by atoms with E-state index in [1.54, 1.807) is 17.1 Å². The molecule has 0 amide bonds. The maximum Gasteiger partial charge on any atom is 0.192 e. The number of carbonyl (C=O) groups is 1. The van der Waals surface area contributed by atoms with E-state index in [-0.39, 0.29) is 12.2 Å². The highest BCUT2D eigenvalue weighted by Gasteiger charge is 2.22. The van der Waals surface area contributed by atoms with E-state index in [0.29, 0.717) is 11.7 Å². The first-order valence-electron chi connectivity index (χ1n) is 6.43. The molecular weight excluding hydrogens is 244 g/mol. The van der Waals surface area contributed by atoms with Crippen LogP contribution in [0, 0.1) is 0 Å². The molecule has 1 aliphatic heterocycles. The Morgan fingerprint density at radius 1 is 1.53 bits per heavy atom. The number of aryl methyl sites for hydroxylation is 1. The zero-order valence-corrected chi connectivity index (χ0v) is 10.8. The summed E-state index contributed by atoms with van der Waals surface area (Å²) in [7, 11) is 0. The minimum Gasteiger partial charge on any atom is -0.335 e. The molecule has 1 N–H and O–H groups in total. The van der Waals surface area contributed by atoms with Gasteiger partial charge in [-0.15, -0.1) is 5.10 Å². The van der Waals surface area contributed by atoms with Gasteiger partial charge in [-0.25, -0.2) is 9.67 Å². The molecule has 0 bridgehead atoms. The van der Waals surface area contributed by atoms with Gasteiger partial charge in [-0.05, 0) is 6.92 Å². The lowest BCUT2D eigenvalue weighted by molar-refractivity contribution is 0.0985. The number of Topliss-reactive ketones (excluding diaryl/α,β-unsaturated/α-hetero) is 1. The average molecular weight is 260 g/mol. The Balaban J connectivity index is 1.71. The van der Waals surface area contributed by atoms with E-state index in [0.717, 1.165) is 25.5 Å². The quantitative estimate of drug-likeness (QED) is 0.769. The second-order valence-electron chi connectivity index (χ2n) is 4.63. The van der Waals surface area contributed by atoms with Crippen LogP contribution < -0.4 is 5.32 Å². The number of carbonyl (C=O) groups excluding carboxylic acids is 1. The third-order valence-electron chi connectivity index (χ3n) is 3.39. The molecule has 0 unspecified atom stereocenters. The molecule has 1 aliphatic rings. The Bertz CT molecular complexity index is 583. The minimum absolute atomic E-state index is 0.0422. The van der Waals surface area contributed by atoms with Crippen LogP contribution in [0.4, 0.5) is 0 Å². The van der Waals surface area contributed by atoms with Crippen molar-refractivity contribution in [3.63, 3.8) is 0 Å². The summed E-state index contributed by atoms with van der Waals surface area (Å²) in [5, 5.41) is 11.1. The van der Waals surface area contributed by atoms with E-state index in [9.17, 15) is 4.79 Å². The lowest BCUT2D eigenvalue weighted by Crippen LogP contribution is -2.43. The van der Waals surface area contributed by atoms with E-state index in [1.165, 1.54) is 0 Å². The van der Waals surface area contributed by atoms with E-state index < -0.39 is 0 Å². The van der Waals surface area contributed by atoms with Crippen LogP contribution in [0.15, 0.2) is 18.6 Å². The first-order valence-corrected chi connectivity index (χ1v) is 6.43. The molecule has 0 radical (unpaired) electrons. The van der Waals surface area contributed by atoms with Gasteiger partial charge >= 0.3 is 0 Å². The predicted molar refractivity (Wildman–Crippen MR) is 67.9 cm³/mol. The molecule has 0 aromatic carbocycles. The van der Waals surface area contributed by atoms with Crippen LogP contribution >= 0.6 is 0 Å². The van der Waals surface area contributed by atoms with Crippen molar-refractivity contribution in [2.45, 2.75) is 25.9 Å². The maximum absolute atomic E-state index is 12.1. The summed E-state index contributed by atoms with van der Waals surface area (Å²) in [6.45, 7) is 4.60. The minimum atomic E-state index is -0.0422. The number of imidazole rings is 1. The van der Waals surface area contributed by atoms with Gasteiger partial charge < -0.3 is 9.88 Å². The molecule has 19 heavy (non-hydrogen) atoms. The van der Waals surface area contributed by atoms with Crippen molar-refractivity contribution in [2.24, 2.45) is 0 Å². The highest BCUT2D eigenvalue weighted by Crippen LogP contribution is 2.11. The number of hydrogen-bond donors (Lipinski definition) is 1. The fraction of sp³-hybridized carbons (Fsp3) is 0.500. The second kappa shape index (κ2) is 4.93. The number of aromatic nitrogens is 5. The average Bonchev–Trinajstić information content (AvgIpc) is 2.95. The summed E-state index contributed by atoms with van der Waals surface area (Å²) in [5.74, 6) is 0.729. The summed E-state index contributed by atoms with van der Waals surface area (Å²) in [6.07, 6.45) is 5.58. The van der Waals surface area contributed by atoms with Gasteiger partial charge in [0.15, 0.2) is 5.78 Å². The standard InChI is InChI=1S/C12H16N6O/c1-2-17-4-3-14-12(17)5-11(19)10-8-18(16-15-10)9-6-13-7-9/h3-4,8-9,13H,2,5-7H2,1H3. The Hall–Kier alpha value is -2.02. The smallest absolute Gasteiger partial charge is 0.192 e. The highest BCUT2D eigenvalue weighted by atomic mass is 16.1. The Labute approximate surface area is 110 Å². The molecular formula is C12H16N6O. The molecule has 0 saturated carbocycles. The predicted octanol–water partition coefficient (Wildman–Crippen LogP) is 0.0642. The summed E-state index contributed by atoms with van der Waals surface area (Å²) < 4.78 is 3.72. The van der Waals surface area contributed by atoms with Crippen LogP contribution in [0.2, 0.25) is 0 Å². The fourth-order valence-electron chi connectivity index (χ4n) is 2.07. The topological polar surface area (TPSA) is 77.6 Å². The molecule has 2 aromatic heterocycles. The van der Waals surface area contributed by atoms with Gasteiger partial charge in [0.2, 0.25) is 0 Å². The third-order valence-corrected chi connectivity index (χ3v) is 3.39. The van der Waals surface area contributed by atoms with E-state index in [2.05, 4.69) is 20.6 Å². The van der Waals surface area contributed by atoms with Gasteiger partial charge in [-0.2, -0.15) is 0 Å². The van der Waals surface area contributed by atoms with Crippen molar-refractivity contribution in [3.8, 4) is 0 Å². The SMILES string of the molecule is CCn1ccnc1CC(=O)c1cn(C2CNC2)nn1. The number of nitrogens with one attached hydrogen (secondary N) is 1. The van der Waals surface area contributed by atoms with Gasteiger partial charge in [-0.3, -0.25) is 4.79 Å². The summed E-state index contributed by atoms with van der Waals surface area (Å²) in [4.78, 5) is 16.3. The first-order chi connectivity index (χ1) is 9.28. The second-order valence-corrected chi connectivity index (χ2v) is 4.63. The van der Waals surface area contributed by atoms with Crippen molar-refractivity contribution in [1.82, 2.24) is 29.9 Å². The van der Waals surface area contributed by atoms with Gasteiger partial charge in [0.1, 0.15) is 11.5 Å².